The molecule has 0 unspecified atom stereocenters. The molecule has 0 saturated heterocycles. The summed E-state index contributed by atoms with van der Waals surface area (Å²) in [5, 5.41) is 0. The third kappa shape index (κ3) is 2.00. The third-order valence-electron chi connectivity index (χ3n) is 2.70. The zero-order valence-corrected chi connectivity index (χ0v) is 10.1. The van der Waals surface area contributed by atoms with Crippen molar-refractivity contribution in [3.63, 3.8) is 0 Å². The molecule has 0 amide bonds. The Morgan fingerprint density at radius 3 is 2.67 bits per heavy atom. The first-order valence-electron chi connectivity index (χ1n) is 5.75. The van der Waals surface area contributed by atoms with Gasteiger partial charge in [0.2, 0.25) is 12.1 Å². The van der Waals surface area contributed by atoms with Gasteiger partial charge in [-0.2, -0.15) is 4.57 Å². The van der Waals surface area contributed by atoms with Crippen LogP contribution in [-0.4, -0.2) is 14.5 Å². The van der Waals surface area contributed by atoms with E-state index < -0.39 is 0 Å². The summed E-state index contributed by atoms with van der Waals surface area (Å²) in [5.41, 5.74) is 1.76. The molecule has 0 saturated carbocycles. The van der Waals surface area contributed by atoms with Crippen molar-refractivity contribution in [1.82, 2.24) is 14.5 Å². The van der Waals surface area contributed by atoms with E-state index in [1.807, 2.05) is 71.3 Å². The minimum Gasteiger partial charge on any atom is -0.255 e. The van der Waals surface area contributed by atoms with E-state index in [1.165, 1.54) is 0 Å². The van der Waals surface area contributed by atoms with Crippen LogP contribution in [0.2, 0.25) is 0 Å². The predicted octanol–water partition coefficient (Wildman–Crippen LogP) is 1.76. The van der Waals surface area contributed by atoms with Crippen molar-refractivity contribution in [2.45, 2.75) is 0 Å². The van der Waals surface area contributed by atoms with Gasteiger partial charge in [-0.3, -0.25) is 4.98 Å². The summed E-state index contributed by atoms with van der Waals surface area (Å²) in [6.45, 7) is 0. The van der Waals surface area contributed by atoms with Crippen LogP contribution >= 0.6 is 0 Å². The van der Waals surface area contributed by atoms with Gasteiger partial charge in [0.05, 0.1) is 18.4 Å². The predicted molar refractivity (Wildman–Crippen MR) is 68.0 cm³/mol. The number of aromatic nitrogens is 4. The van der Waals surface area contributed by atoms with Crippen LogP contribution in [-0.2, 0) is 7.05 Å². The fourth-order valence-electron chi connectivity index (χ4n) is 1.81. The number of rotatable bonds is 2. The molecule has 0 aliphatic heterocycles. The Balaban J connectivity index is 2.05. The molecule has 3 heterocycles. The highest BCUT2D eigenvalue weighted by atomic mass is 15.1. The molecule has 0 bridgehead atoms. The summed E-state index contributed by atoms with van der Waals surface area (Å²) in [6, 6.07) is 11.8. The Kier molecular flexibility index (Phi) is 2.61. The molecule has 3 aromatic rings. The Bertz CT molecular complexity index is 658. The van der Waals surface area contributed by atoms with Gasteiger partial charge < -0.3 is 0 Å². The van der Waals surface area contributed by atoms with E-state index in [0.29, 0.717) is 0 Å². The lowest BCUT2D eigenvalue weighted by molar-refractivity contribution is -0.670. The van der Waals surface area contributed by atoms with Gasteiger partial charge >= 0.3 is 0 Å². The van der Waals surface area contributed by atoms with Gasteiger partial charge in [0.1, 0.15) is 12.4 Å². The van der Waals surface area contributed by atoms with Crippen molar-refractivity contribution in [3.05, 3.63) is 61.3 Å². The van der Waals surface area contributed by atoms with Gasteiger partial charge in [0, 0.05) is 12.3 Å². The second-order valence-corrected chi connectivity index (χ2v) is 4.08. The minimum absolute atomic E-state index is 0.879. The SMILES string of the molecule is C[n+]1ccn(-c2cccc(-c3ccccn3)n2)c1. The molecule has 0 N–H and O–H groups in total. The quantitative estimate of drug-likeness (QED) is 0.636. The van der Waals surface area contributed by atoms with Crippen LogP contribution < -0.4 is 4.57 Å². The number of hydrogen-bond acceptors (Lipinski definition) is 2. The molecule has 0 spiro atoms. The lowest BCUT2D eigenvalue weighted by atomic mass is 10.2. The normalized spacial score (nSPS) is 10.5. The molecule has 0 aromatic carbocycles. The molecule has 4 heteroatoms. The van der Waals surface area contributed by atoms with Crippen LogP contribution in [0, 0.1) is 0 Å². The van der Waals surface area contributed by atoms with Crippen molar-refractivity contribution in [2.75, 3.05) is 0 Å². The van der Waals surface area contributed by atoms with Crippen LogP contribution in [0.5, 0.6) is 0 Å². The molecule has 0 atom stereocenters. The number of hydrogen-bond donors (Lipinski definition) is 0. The molecule has 0 fully saturated rings. The van der Waals surface area contributed by atoms with Gasteiger partial charge in [-0.1, -0.05) is 12.1 Å². The maximum Gasteiger partial charge on any atom is 0.250 e. The first-order chi connectivity index (χ1) is 8.83. The van der Waals surface area contributed by atoms with Crippen molar-refractivity contribution in [1.29, 1.82) is 0 Å². The van der Waals surface area contributed by atoms with E-state index in [0.717, 1.165) is 17.2 Å². The number of aryl methyl sites for hydroxylation is 1. The van der Waals surface area contributed by atoms with E-state index in [-0.39, 0.29) is 0 Å². The highest BCUT2D eigenvalue weighted by Gasteiger charge is 2.07. The summed E-state index contributed by atoms with van der Waals surface area (Å²) in [4.78, 5) is 8.93. The van der Waals surface area contributed by atoms with Crippen molar-refractivity contribution in [2.24, 2.45) is 7.05 Å². The summed E-state index contributed by atoms with van der Waals surface area (Å²) < 4.78 is 3.96. The van der Waals surface area contributed by atoms with Crippen molar-refractivity contribution >= 4 is 0 Å². The molecule has 4 nitrogen and oxygen atoms in total. The van der Waals surface area contributed by atoms with Crippen LogP contribution in [0.25, 0.3) is 17.2 Å². The molecule has 0 aliphatic carbocycles. The zero-order valence-electron chi connectivity index (χ0n) is 10.1. The van der Waals surface area contributed by atoms with E-state index in [1.54, 1.807) is 6.20 Å². The first kappa shape index (κ1) is 10.7. The molecule has 18 heavy (non-hydrogen) atoms. The first-order valence-corrected chi connectivity index (χ1v) is 5.75. The second kappa shape index (κ2) is 4.41. The monoisotopic (exact) mass is 237 g/mol. The number of imidazole rings is 1. The van der Waals surface area contributed by atoms with Gasteiger partial charge in [0.15, 0.2) is 0 Å². The Hall–Kier alpha value is -2.49. The zero-order chi connectivity index (χ0) is 12.4. The molecule has 0 aliphatic rings. The summed E-state index contributed by atoms with van der Waals surface area (Å²) >= 11 is 0. The molecular formula is C14H13N4+. The molecule has 88 valence electrons. The maximum absolute atomic E-state index is 4.61. The van der Waals surface area contributed by atoms with Crippen molar-refractivity contribution < 1.29 is 4.57 Å². The fourth-order valence-corrected chi connectivity index (χ4v) is 1.81. The van der Waals surface area contributed by atoms with Crippen LogP contribution in [0.4, 0.5) is 0 Å². The van der Waals surface area contributed by atoms with E-state index in [4.69, 9.17) is 0 Å². The molecule has 3 aromatic heterocycles. The summed E-state index contributed by atoms with van der Waals surface area (Å²) in [6.07, 6.45) is 7.71. The molecule has 3 rings (SSSR count). The van der Waals surface area contributed by atoms with Crippen molar-refractivity contribution in [3.8, 4) is 17.2 Å². The van der Waals surface area contributed by atoms with Crippen LogP contribution in [0.1, 0.15) is 0 Å². The number of nitrogens with zero attached hydrogens (tertiary/aromatic N) is 4. The fraction of sp³-hybridized carbons (Fsp3) is 0.0714. The van der Waals surface area contributed by atoms with E-state index in [9.17, 15) is 0 Å². The molecular weight excluding hydrogens is 224 g/mol. The Labute approximate surface area is 105 Å². The van der Waals surface area contributed by atoms with E-state index in [2.05, 4.69) is 9.97 Å². The average Bonchev–Trinajstić information content (AvgIpc) is 2.87. The van der Waals surface area contributed by atoms with Gasteiger partial charge in [-0.05, 0) is 18.2 Å². The average molecular weight is 237 g/mol. The highest BCUT2D eigenvalue weighted by molar-refractivity contribution is 5.54. The largest absolute Gasteiger partial charge is 0.255 e. The summed E-state index contributed by atoms with van der Waals surface area (Å²) in [5.74, 6) is 0.888. The Morgan fingerprint density at radius 1 is 1.06 bits per heavy atom. The van der Waals surface area contributed by atoms with Gasteiger partial charge in [-0.25, -0.2) is 9.55 Å². The van der Waals surface area contributed by atoms with Crippen LogP contribution in [0.3, 0.4) is 0 Å². The highest BCUT2D eigenvalue weighted by Crippen LogP contribution is 2.15. The lowest BCUT2D eigenvalue weighted by Crippen LogP contribution is -2.23. The van der Waals surface area contributed by atoms with Gasteiger partial charge in [-0.15, -0.1) is 0 Å². The minimum atomic E-state index is 0.879. The summed E-state index contributed by atoms with van der Waals surface area (Å²) in [7, 11) is 1.99. The topological polar surface area (TPSA) is 34.6 Å². The smallest absolute Gasteiger partial charge is 0.250 e. The molecule has 0 radical (unpaired) electrons. The van der Waals surface area contributed by atoms with Gasteiger partial charge in [0.25, 0.3) is 0 Å². The number of pyridine rings is 2. The lowest BCUT2D eigenvalue weighted by Gasteiger charge is -2.00. The Morgan fingerprint density at radius 2 is 1.94 bits per heavy atom. The third-order valence-corrected chi connectivity index (χ3v) is 2.70. The second-order valence-electron chi connectivity index (χ2n) is 4.08. The maximum atomic E-state index is 4.61. The van der Waals surface area contributed by atoms with E-state index >= 15 is 0 Å². The standard InChI is InChI=1S/C14H13N4/c1-17-9-10-18(11-17)14-7-4-6-13(16-14)12-5-2-3-8-15-12/h2-11H,1H3/q+1. The van der Waals surface area contributed by atoms with Crippen LogP contribution in [0.15, 0.2) is 61.3 Å².